The average molecular weight is 297 g/mol. The molecule has 1 aromatic heterocycles. The van der Waals surface area contributed by atoms with Crippen molar-refractivity contribution in [1.82, 2.24) is 4.98 Å². The van der Waals surface area contributed by atoms with Crippen molar-refractivity contribution in [1.29, 1.82) is 0 Å². The summed E-state index contributed by atoms with van der Waals surface area (Å²) in [7, 11) is 1.67. The number of nitrogens with two attached hydrogens (primary N) is 1. The Labute approximate surface area is 132 Å². The van der Waals surface area contributed by atoms with Gasteiger partial charge in [-0.1, -0.05) is 18.2 Å². The van der Waals surface area contributed by atoms with Crippen molar-refractivity contribution in [3.8, 4) is 5.75 Å². The van der Waals surface area contributed by atoms with Gasteiger partial charge in [0.15, 0.2) is 0 Å². The van der Waals surface area contributed by atoms with Crippen molar-refractivity contribution < 1.29 is 4.74 Å². The van der Waals surface area contributed by atoms with Gasteiger partial charge in [-0.2, -0.15) is 0 Å². The predicted octanol–water partition coefficient (Wildman–Crippen LogP) is 3.56. The smallest absolute Gasteiger partial charge is 0.131 e. The molecule has 4 heteroatoms. The molecule has 1 heterocycles. The van der Waals surface area contributed by atoms with E-state index in [4.69, 9.17) is 10.5 Å². The number of aryl methyl sites for hydroxylation is 1. The zero-order chi connectivity index (χ0) is 15.9. The molecule has 22 heavy (non-hydrogen) atoms. The number of rotatable bonds is 7. The highest BCUT2D eigenvalue weighted by Gasteiger charge is 2.10. The minimum atomic E-state index is 0.549. The first kappa shape index (κ1) is 15.9. The van der Waals surface area contributed by atoms with Crippen molar-refractivity contribution in [2.75, 3.05) is 24.3 Å². The van der Waals surface area contributed by atoms with Crippen LogP contribution in [0.5, 0.6) is 5.75 Å². The molecule has 4 nitrogen and oxygen atoms in total. The van der Waals surface area contributed by atoms with E-state index in [-0.39, 0.29) is 0 Å². The molecule has 0 spiro atoms. The van der Waals surface area contributed by atoms with E-state index in [0.717, 1.165) is 36.6 Å². The molecule has 0 bridgehead atoms. The minimum absolute atomic E-state index is 0.549. The van der Waals surface area contributed by atoms with E-state index in [0.29, 0.717) is 5.82 Å². The lowest BCUT2D eigenvalue weighted by molar-refractivity contribution is 0.414. The third-order valence-electron chi connectivity index (χ3n) is 3.44. The van der Waals surface area contributed by atoms with Crippen molar-refractivity contribution in [2.45, 2.75) is 19.9 Å². The van der Waals surface area contributed by atoms with E-state index in [1.807, 2.05) is 31.2 Å². The summed E-state index contributed by atoms with van der Waals surface area (Å²) < 4.78 is 5.20. The number of hydrogen-bond acceptors (Lipinski definition) is 4. The molecule has 0 radical (unpaired) electrons. The van der Waals surface area contributed by atoms with Crippen LogP contribution in [0, 0.1) is 6.92 Å². The van der Waals surface area contributed by atoms with E-state index in [1.165, 1.54) is 5.56 Å². The normalized spacial score (nSPS) is 10.3. The first-order valence-corrected chi connectivity index (χ1v) is 7.35. The van der Waals surface area contributed by atoms with Crippen molar-refractivity contribution in [2.24, 2.45) is 0 Å². The van der Waals surface area contributed by atoms with Crippen LogP contribution in [0.2, 0.25) is 0 Å². The fourth-order valence-electron chi connectivity index (χ4n) is 2.31. The van der Waals surface area contributed by atoms with Gasteiger partial charge in [0, 0.05) is 13.1 Å². The zero-order valence-corrected chi connectivity index (χ0v) is 13.2. The first-order valence-electron chi connectivity index (χ1n) is 7.35. The van der Waals surface area contributed by atoms with Crippen LogP contribution >= 0.6 is 0 Å². The molecule has 1 aromatic carbocycles. The van der Waals surface area contributed by atoms with Crippen LogP contribution in [0.25, 0.3) is 0 Å². The summed E-state index contributed by atoms with van der Waals surface area (Å²) in [6.07, 6.45) is 2.81. The summed E-state index contributed by atoms with van der Waals surface area (Å²) in [6, 6.07) is 12.0. The number of benzene rings is 1. The Kier molecular flexibility index (Phi) is 5.42. The molecule has 0 fully saturated rings. The van der Waals surface area contributed by atoms with E-state index < -0.39 is 0 Å². The molecule has 0 saturated carbocycles. The largest absolute Gasteiger partial charge is 0.497 e. The van der Waals surface area contributed by atoms with E-state index in [2.05, 4.69) is 34.7 Å². The van der Waals surface area contributed by atoms with E-state index in [1.54, 1.807) is 7.11 Å². The second kappa shape index (κ2) is 7.50. The molecule has 116 valence electrons. The monoisotopic (exact) mass is 297 g/mol. The van der Waals surface area contributed by atoms with E-state index >= 15 is 0 Å². The standard InChI is InChI=1S/C18H23N3O/c1-4-5-10-21(18-12-14(2)11-17(19)20-18)13-15-6-8-16(22-3)9-7-15/h4,6-9,11-12H,1,5,10,13H2,2-3H3,(H2,19,20). The van der Waals surface area contributed by atoms with Gasteiger partial charge in [0.2, 0.25) is 0 Å². The Bertz CT molecular complexity index is 602. The molecule has 2 rings (SSSR count). The maximum absolute atomic E-state index is 5.88. The van der Waals surface area contributed by atoms with Crippen LogP contribution < -0.4 is 15.4 Å². The molecule has 0 aliphatic rings. The second-order valence-electron chi connectivity index (χ2n) is 5.27. The van der Waals surface area contributed by atoms with Crippen molar-refractivity contribution >= 4 is 11.6 Å². The van der Waals surface area contributed by atoms with Crippen molar-refractivity contribution in [3.05, 3.63) is 60.2 Å². The van der Waals surface area contributed by atoms with Gasteiger partial charge < -0.3 is 15.4 Å². The molecular weight excluding hydrogens is 274 g/mol. The maximum Gasteiger partial charge on any atom is 0.131 e. The Morgan fingerprint density at radius 1 is 1.27 bits per heavy atom. The van der Waals surface area contributed by atoms with Crippen LogP contribution in [-0.2, 0) is 6.54 Å². The summed E-state index contributed by atoms with van der Waals surface area (Å²) in [4.78, 5) is 6.68. The fourth-order valence-corrected chi connectivity index (χ4v) is 2.31. The SMILES string of the molecule is C=CCCN(Cc1ccc(OC)cc1)c1cc(C)cc(N)n1. The summed E-state index contributed by atoms with van der Waals surface area (Å²) in [6.45, 7) is 7.46. The number of aromatic nitrogens is 1. The van der Waals surface area contributed by atoms with Gasteiger partial charge in [0.05, 0.1) is 7.11 Å². The first-order chi connectivity index (χ1) is 10.6. The Morgan fingerprint density at radius 3 is 2.59 bits per heavy atom. The van der Waals surface area contributed by atoms with Crippen LogP contribution in [0.15, 0.2) is 49.1 Å². The number of nitrogen functional groups attached to an aromatic ring is 1. The molecule has 2 aromatic rings. The van der Waals surface area contributed by atoms with Crippen LogP contribution in [0.1, 0.15) is 17.5 Å². The molecule has 0 unspecified atom stereocenters. The van der Waals surface area contributed by atoms with Gasteiger partial charge in [0.25, 0.3) is 0 Å². The summed E-state index contributed by atoms with van der Waals surface area (Å²) in [5.41, 5.74) is 8.20. The molecule has 0 aliphatic carbocycles. The predicted molar refractivity (Wildman–Crippen MR) is 92.2 cm³/mol. The molecular formula is C18H23N3O. The van der Waals surface area contributed by atoms with Crippen LogP contribution in [0.4, 0.5) is 11.6 Å². The molecule has 2 N–H and O–H groups in total. The number of methoxy groups -OCH3 is 1. The maximum atomic E-state index is 5.88. The Morgan fingerprint density at radius 2 is 2.00 bits per heavy atom. The summed E-state index contributed by atoms with van der Waals surface area (Å²) in [5, 5.41) is 0. The second-order valence-corrected chi connectivity index (χ2v) is 5.27. The quantitative estimate of drug-likeness (QED) is 0.794. The lowest BCUT2D eigenvalue weighted by Gasteiger charge is -2.24. The topological polar surface area (TPSA) is 51.4 Å². The number of ether oxygens (including phenoxy) is 1. The summed E-state index contributed by atoms with van der Waals surface area (Å²) in [5.74, 6) is 2.31. The van der Waals surface area contributed by atoms with Crippen molar-refractivity contribution in [3.63, 3.8) is 0 Å². The highest BCUT2D eigenvalue weighted by Crippen LogP contribution is 2.20. The number of hydrogen-bond donors (Lipinski definition) is 1. The molecule has 0 atom stereocenters. The zero-order valence-electron chi connectivity index (χ0n) is 13.2. The molecule has 0 aliphatic heterocycles. The number of pyridine rings is 1. The van der Waals surface area contributed by atoms with Gasteiger partial charge in [-0.15, -0.1) is 6.58 Å². The van der Waals surface area contributed by atoms with Gasteiger partial charge in [-0.05, 0) is 48.7 Å². The highest BCUT2D eigenvalue weighted by atomic mass is 16.5. The fraction of sp³-hybridized carbons (Fsp3) is 0.278. The number of nitrogens with zero attached hydrogens (tertiary/aromatic N) is 2. The lowest BCUT2D eigenvalue weighted by atomic mass is 10.2. The highest BCUT2D eigenvalue weighted by molar-refractivity contribution is 5.48. The third-order valence-corrected chi connectivity index (χ3v) is 3.44. The molecule has 0 saturated heterocycles. The molecule has 0 amide bonds. The van der Waals surface area contributed by atoms with Gasteiger partial charge in [0.1, 0.15) is 17.4 Å². The van der Waals surface area contributed by atoms with Crippen LogP contribution in [0.3, 0.4) is 0 Å². The third kappa shape index (κ3) is 4.25. The van der Waals surface area contributed by atoms with Gasteiger partial charge in [-0.25, -0.2) is 4.98 Å². The Hall–Kier alpha value is -2.49. The van der Waals surface area contributed by atoms with Gasteiger partial charge >= 0.3 is 0 Å². The lowest BCUT2D eigenvalue weighted by Crippen LogP contribution is -2.25. The van der Waals surface area contributed by atoms with Gasteiger partial charge in [-0.3, -0.25) is 0 Å². The van der Waals surface area contributed by atoms with Crippen LogP contribution in [-0.4, -0.2) is 18.6 Å². The number of anilines is 2. The Balaban J connectivity index is 2.22. The average Bonchev–Trinajstić information content (AvgIpc) is 2.51. The summed E-state index contributed by atoms with van der Waals surface area (Å²) >= 11 is 0. The van der Waals surface area contributed by atoms with E-state index in [9.17, 15) is 0 Å². The minimum Gasteiger partial charge on any atom is -0.497 e.